The highest BCUT2D eigenvalue weighted by Crippen LogP contribution is 2.60. The highest BCUT2D eigenvalue weighted by Gasteiger charge is 2.58. The molecule has 126 valence electrons. The first-order valence-corrected chi connectivity index (χ1v) is 9.66. The summed E-state index contributed by atoms with van der Waals surface area (Å²) in [6, 6.07) is 0. The van der Waals surface area contributed by atoms with Gasteiger partial charge >= 0.3 is 5.97 Å². The van der Waals surface area contributed by atoms with Gasteiger partial charge in [-0.2, -0.15) is 0 Å². The summed E-state index contributed by atoms with van der Waals surface area (Å²) in [7, 11) is -4.19. The molecule has 1 N–H and O–H groups in total. The second-order valence-corrected chi connectivity index (χ2v) is 8.87. The van der Waals surface area contributed by atoms with E-state index in [1.54, 1.807) is 0 Å². The number of unbranched alkanes of at least 4 members (excludes halogenated alkanes) is 1. The van der Waals surface area contributed by atoms with E-state index in [0.29, 0.717) is 12.3 Å². The highest BCUT2D eigenvalue weighted by molar-refractivity contribution is 7.85. The molecule has 0 saturated heterocycles. The lowest BCUT2D eigenvalue weighted by Gasteiger charge is -2.57. The number of carbonyl (C=O) groups excluding carboxylic acids is 1. The minimum absolute atomic E-state index is 0.165. The van der Waals surface area contributed by atoms with Crippen LogP contribution >= 0.6 is 0 Å². The van der Waals surface area contributed by atoms with E-state index in [0.717, 1.165) is 32.1 Å². The lowest BCUT2D eigenvalue weighted by molar-refractivity contribution is -0.184. The van der Waals surface area contributed by atoms with Gasteiger partial charge in [0, 0.05) is 5.75 Å². The van der Waals surface area contributed by atoms with Crippen LogP contribution in [0.2, 0.25) is 0 Å². The maximum atomic E-state index is 12.5. The summed E-state index contributed by atoms with van der Waals surface area (Å²) in [5, 5.41) is 10.2. The van der Waals surface area contributed by atoms with Crippen molar-refractivity contribution < 1.29 is 27.6 Å². The number of rotatable bonds is 6. The van der Waals surface area contributed by atoms with E-state index in [1.807, 2.05) is 0 Å². The largest absolute Gasteiger partial charge is 0.748 e. The fraction of sp³-hybridized carbons (Fsp3) is 0.933. The van der Waals surface area contributed by atoms with Gasteiger partial charge in [-0.15, -0.1) is 0 Å². The van der Waals surface area contributed by atoms with Gasteiger partial charge in [0.05, 0.1) is 28.2 Å². The SMILES string of the molecule is O=C(OCCCCS(=O)(=O)[O-])C12CC3CC(C1)C(O)C(C3)C2. The van der Waals surface area contributed by atoms with Gasteiger partial charge in [0.2, 0.25) is 0 Å². The third kappa shape index (κ3) is 3.16. The monoisotopic (exact) mass is 331 g/mol. The molecule has 4 saturated carbocycles. The van der Waals surface area contributed by atoms with Crippen molar-refractivity contribution >= 4 is 16.1 Å². The third-order valence-electron chi connectivity index (χ3n) is 5.68. The lowest BCUT2D eigenvalue weighted by Crippen LogP contribution is -2.56. The minimum atomic E-state index is -4.19. The van der Waals surface area contributed by atoms with Gasteiger partial charge in [0.15, 0.2) is 0 Å². The highest BCUT2D eigenvalue weighted by atomic mass is 32.2. The van der Waals surface area contributed by atoms with Gasteiger partial charge in [-0.3, -0.25) is 4.79 Å². The van der Waals surface area contributed by atoms with Crippen molar-refractivity contribution in [1.29, 1.82) is 0 Å². The molecule has 0 radical (unpaired) electrons. The molecule has 7 heteroatoms. The molecule has 0 aliphatic heterocycles. The lowest BCUT2D eigenvalue weighted by atomic mass is 9.48. The van der Waals surface area contributed by atoms with Gasteiger partial charge in [0.25, 0.3) is 0 Å². The maximum Gasteiger partial charge on any atom is 0.312 e. The molecule has 0 spiro atoms. The molecule has 2 unspecified atom stereocenters. The van der Waals surface area contributed by atoms with Crippen molar-refractivity contribution in [3.63, 3.8) is 0 Å². The van der Waals surface area contributed by atoms with Crippen LogP contribution in [0.25, 0.3) is 0 Å². The van der Waals surface area contributed by atoms with E-state index in [9.17, 15) is 22.9 Å². The first kappa shape index (κ1) is 16.2. The average molecular weight is 331 g/mol. The number of ether oxygens (including phenoxy) is 1. The van der Waals surface area contributed by atoms with E-state index in [4.69, 9.17) is 4.74 Å². The van der Waals surface area contributed by atoms with Crippen molar-refractivity contribution in [2.75, 3.05) is 12.4 Å². The van der Waals surface area contributed by atoms with Crippen LogP contribution < -0.4 is 0 Å². The fourth-order valence-electron chi connectivity index (χ4n) is 4.95. The summed E-state index contributed by atoms with van der Waals surface area (Å²) in [4.78, 5) is 12.5. The summed E-state index contributed by atoms with van der Waals surface area (Å²) in [5.41, 5.74) is -0.430. The molecular formula is C15H23O6S-. The van der Waals surface area contributed by atoms with Crippen LogP contribution in [0.5, 0.6) is 0 Å². The Hall–Kier alpha value is -0.660. The molecule has 0 aromatic heterocycles. The van der Waals surface area contributed by atoms with Gasteiger partial charge in [-0.05, 0) is 62.7 Å². The predicted octanol–water partition coefficient (Wildman–Crippen LogP) is 1.04. The Morgan fingerprint density at radius 2 is 1.82 bits per heavy atom. The molecular weight excluding hydrogens is 308 g/mol. The van der Waals surface area contributed by atoms with Crippen molar-refractivity contribution in [2.24, 2.45) is 23.2 Å². The van der Waals surface area contributed by atoms with Gasteiger partial charge in [-0.1, -0.05) is 0 Å². The summed E-state index contributed by atoms with van der Waals surface area (Å²) in [6.07, 6.45) is 4.69. The van der Waals surface area contributed by atoms with Crippen molar-refractivity contribution in [2.45, 2.75) is 51.0 Å². The number of aliphatic hydroxyl groups excluding tert-OH is 1. The molecule has 0 amide bonds. The second kappa shape index (κ2) is 5.76. The van der Waals surface area contributed by atoms with E-state index < -0.39 is 21.3 Å². The van der Waals surface area contributed by atoms with Crippen molar-refractivity contribution in [1.82, 2.24) is 0 Å². The van der Waals surface area contributed by atoms with Crippen LogP contribution in [0.4, 0.5) is 0 Å². The first-order valence-electron chi connectivity index (χ1n) is 8.08. The number of carbonyl (C=O) groups is 1. The Morgan fingerprint density at radius 3 is 2.41 bits per heavy atom. The smallest absolute Gasteiger partial charge is 0.312 e. The zero-order valence-electron chi connectivity index (χ0n) is 12.6. The molecule has 6 nitrogen and oxygen atoms in total. The molecule has 4 aliphatic rings. The van der Waals surface area contributed by atoms with E-state index >= 15 is 0 Å². The number of hydrogen-bond donors (Lipinski definition) is 1. The van der Waals surface area contributed by atoms with Crippen molar-refractivity contribution in [3.8, 4) is 0 Å². The average Bonchev–Trinajstić information content (AvgIpc) is 2.42. The maximum absolute atomic E-state index is 12.5. The standard InChI is InChI=1S/C15H24O6S/c16-13-11-5-10-6-12(13)9-15(7-10,8-11)14(17)21-3-1-2-4-22(18,19)20/h10-13,16H,1-9H2,(H,18,19,20)/p-1. The minimum Gasteiger partial charge on any atom is -0.748 e. The number of hydrogen-bond acceptors (Lipinski definition) is 6. The number of esters is 1. The molecule has 4 fully saturated rings. The van der Waals surface area contributed by atoms with Crippen LogP contribution in [0.3, 0.4) is 0 Å². The van der Waals surface area contributed by atoms with Gasteiger partial charge < -0.3 is 14.4 Å². The Bertz CT molecular complexity index is 526. The molecule has 2 atom stereocenters. The molecule has 22 heavy (non-hydrogen) atoms. The van der Waals surface area contributed by atoms with Crippen molar-refractivity contribution in [3.05, 3.63) is 0 Å². The normalized spacial score (nSPS) is 39.9. The third-order valence-corrected chi connectivity index (χ3v) is 6.47. The number of aliphatic hydroxyl groups is 1. The summed E-state index contributed by atoms with van der Waals surface area (Å²) < 4.78 is 36.9. The van der Waals surface area contributed by atoms with Crippen LogP contribution in [0.15, 0.2) is 0 Å². The molecule has 4 aliphatic carbocycles. The first-order chi connectivity index (χ1) is 10.3. The van der Waals surface area contributed by atoms with Gasteiger partial charge in [-0.25, -0.2) is 8.42 Å². The second-order valence-electron chi connectivity index (χ2n) is 7.35. The van der Waals surface area contributed by atoms with Crippen LogP contribution in [0, 0.1) is 23.2 Å². The quantitative estimate of drug-likeness (QED) is 0.443. The molecule has 0 aromatic rings. The van der Waals surface area contributed by atoms with E-state index in [1.165, 1.54) is 0 Å². The Labute approximate surface area is 131 Å². The zero-order valence-corrected chi connectivity index (χ0v) is 13.4. The zero-order chi connectivity index (χ0) is 16.0. The Kier molecular flexibility index (Phi) is 4.24. The molecule has 4 rings (SSSR count). The molecule has 4 bridgehead atoms. The Morgan fingerprint density at radius 1 is 1.18 bits per heavy atom. The van der Waals surface area contributed by atoms with E-state index in [-0.39, 0.29) is 36.9 Å². The fourth-order valence-corrected chi connectivity index (χ4v) is 5.50. The summed E-state index contributed by atoms with van der Waals surface area (Å²) in [5.74, 6) is 0.380. The predicted molar refractivity (Wildman–Crippen MR) is 76.8 cm³/mol. The topological polar surface area (TPSA) is 104 Å². The molecule has 0 heterocycles. The van der Waals surface area contributed by atoms with Gasteiger partial charge in [0.1, 0.15) is 0 Å². The van der Waals surface area contributed by atoms with Crippen LogP contribution in [-0.4, -0.2) is 42.5 Å². The summed E-state index contributed by atoms with van der Waals surface area (Å²) >= 11 is 0. The summed E-state index contributed by atoms with van der Waals surface area (Å²) in [6.45, 7) is 0.165. The van der Waals surface area contributed by atoms with Crippen LogP contribution in [0.1, 0.15) is 44.9 Å². The molecule has 0 aromatic carbocycles. The van der Waals surface area contributed by atoms with E-state index in [2.05, 4.69) is 0 Å². The van der Waals surface area contributed by atoms with Crippen LogP contribution in [-0.2, 0) is 19.6 Å². The Balaban J connectivity index is 1.50.